The molecular weight excluding hydrogens is 252 g/mol. The molecule has 2 unspecified atom stereocenters. The summed E-state index contributed by atoms with van der Waals surface area (Å²) in [6, 6.07) is 8.48. The number of carbonyl (C=O) groups excluding carboxylic acids is 1. The van der Waals surface area contributed by atoms with Crippen molar-refractivity contribution in [1.82, 2.24) is 10.6 Å². The third-order valence-electron chi connectivity index (χ3n) is 4.07. The average Bonchev–Trinajstić information content (AvgIpc) is 3.28. The third kappa shape index (κ3) is 3.12. The van der Waals surface area contributed by atoms with Crippen LogP contribution in [0.5, 0.6) is 5.75 Å². The lowest BCUT2D eigenvalue weighted by Gasteiger charge is -2.27. The molecule has 4 nitrogen and oxygen atoms in total. The van der Waals surface area contributed by atoms with Crippen molar-refractivity contribution in [3.63, 3.8) is 0 Å². The van der Waals surface area contributed by atoms with Crippen LogP contribution in [0.3, 0.4) is 0 Å². The normalized spacial score (nSPS) is 22.6. The van der Waals surface area contributed by atoms with Gasteiger partial charge in [0.25, 0.3) is 0 Å². The summed E-state index contributed by atoms with van der Waals surface area (Å²) in [4.78, 5) is 11.9. The number of nitrogens with one attached hydrogen (secondary N) is 2. The Morgan fingerprint density at radius 1 is 1.35 bits per heavy atom. The van der Waals surface area contributed by atoms with Crippen molar-refractivity contribution in [2.75, 3.05) is 13.2 Å². The summed E-state index contributed by atoms with van der Waals surface area (Å²) < 4.78 is 5.66. The lowest BCUT2D eigenvalue weighted by molar-refractivity contribution is -0.122. The fourth-order valence-electron chi connectivity index (χ4n) is 2.59. The summed E-state index contributed by atoms with van der Waals surface area (Å²) in [6.45, 7) is 3.51. The number of rotatable bonds is 5. The third-order valence-corrected chi connectivity index (χ3v) is 4.07. The van der Waals surface area contributed by atoms with E-state index < -0.39 is 0 Å². The van der Waals surface area contributed by atoms with Crippen molar-refractivity contribution in [3.8, 4) is 5.75 Å². The first kappa shape index (κ1) is 13.4. The zero-order valence-corrected chi connectivity index (χ0v) is 11.9. The van der Waals surface area contributed by atoms with E-state index in [0.29, 0.717) is 12.0 Å². The Kier molecular flexibility index (Phi) is 3.92. The highest BCUT2D eigenvalue weighted by molar-refractivity contribution is 5.81. The van der Waals surface area contributed by atoms with Crippen LogP contribution in [0.1, 0.15) is 37.7 Å². The van der Waals surface area contributed by atoms with Gasteiger partial charge in [-0.05, 0) is 37.8 Å². The van der Waals surface area contributed by atoms with Crippen molar-refractivity contribution in [1.29, 1.82) is 0 Å². The molecule has 1 amide bonds. The Bertz CT molecular complexity index is 485. The minimum atomic E-state index is -0.134. The van der Waals surface area contributed by atoms with Crippen LogP contribution in [-0.4, -0.2) is 31.1 Å². The molecule has 20 heavy (non-hydrogen) atoms. The van der Waals surface area contributed by atoms with E-state index in [1.165, 1.54) is 5.56 Å². The molecule has 108 valence electrons. The Labute approximate surface area is 119 Å². The Balaban J connectivity index is 1.54. The number of carbonyl (C=O) groups is 1. The van der Waals surface area contributed by atoms with Crippen molar-refractivity contribution in [2.45, 2.75) is 44.2 Å². The van der Waals surface area contributed by atoms with Gasteiger partial charge in [0.15, 0.2) is 0 Å². The molecule has 1 aliphatic heterocycles. The zero-order chi connectivity index (χ0) is 13.9. The smallest absolute Gasteiger partial charge is 0.237 e. The molecule has 1 fully saturated rings. The molecule has 2 N–H and O–H groups in total. The van der Waals surface area contributed by atoms with Gasteiger partial charge in [0, 0.05) is 18.5 Å². The van der Waals surface area contributed by atoms with Crippen LogP contribution in [-0.2, 0) is 4.79 Å². The molecule has 4 heteroatoms. The second-order valence-electron chi connectivity index (χ2n) is 5.78. The van der Waals surface area contributed by atoms with E-state index in [1.807, 2.05) is 25.1 Å². The van der Waals surface area contributed by atoms with E-state index in [2.05, 4.69) is 16.7 Å². The van der Waals surface area contributed by atoms with Crippen LogP contribution in [0.25, 0.3) is 0 Å². The number of ether oxygens (including phenoxy) is 1. The minimum absolute atomic E-state index is 0.118. The number of amides is 1. The highest BCUT2D eigenvalue weighted by atomic mass is 16.5. The van der Waals surface area contributed by atoms with Crippen molar-refractivity contribution >= 4 is 5.91 Å². The van der Waals surface area contributed by atoms with Crippen LogP contribution >= 0.6 is 0 Å². The molecule has 1 heterocycles. The van der Waals surface area contributed by atoms with Gasteiger partial charge in [-0.3, -0.25) is 4.79 Å². The molecule has 2 atom stereocenters. The summed E-state index contributed by atoms with van der Waals surface area (Å²) in [5.41, 5.74) is 1.25. The maximum Gasteiger partial charge on any atom is 0.237 e. The van der Waals surface area contributed by atoms with Gasteiger partial charge >= 0.3 is 0 Å². The van der Waals surface area contributed by atoms with Crippen LogP contribution in [0.15, 0.2) is 24.3 Å². The average molecular weight is 274 g/mol. The van der Waals surface area contributed by atoms with Gasteiger partial charge in [0.2, 0.25) is 5.91 Å². The van der Waals surface area contributed by atoms with Crippen LogP contribution in [0.2, 0.25) is 0 Å². The largest absolute Gasteiger partial charge is 0.493 e. The van der Waals surface area contributed by atoms with Crippen molar-refractivity contribution < 1.29 is 9.53 Å². The summed E-state index contributed by atoms with van der Waals surface area (Å²) >= 11 is 0. The van der Waals surface area contributed by atoms with E-state index >= 15 is 0 Å². The highest BCUT2D eigenvalue weighted by Crippen LogP contribution is 2.32. The molecule has 0 saturated heterocycles. The monoisotopic (exact) mass is 274 g/mol. The maximum atomic E-state index is 11.9. The molecule has 1 aliphatic carbocycles. The second-order valence-corrected chi connectivity index (χ2v) is 5.78. The minimum Gasteiger partial charge on any atom is -0.493 e. The van der Waals surface area contributed by atoms with E-state index in [-0.39, 0.29) is 11.9 Å². The van der Waals surface area contributed by atoms with Crippen LogP contribution in [0, 0.1) is 0 Å². The first-order chi connectivity index (χ1) is 9.74. The molecule has 1 aromatic carbocycles. The van der Waals surface area contributed by atoms with Crippen molar-refractivity contribution in [3.05, 3.63) is 29.8 Å². The Hall–Kier alpha value is -1.55. The summed E-state index contributed by atoms with van der Waals surface area (Å²) in [5.74, 6) is 1.53. The summed E-state index contributed by atoms with van der Waals surface area (Å²) in [6.07, 6.45) is 3.26. The summed E-state index contributed by atoms with van der Waals surface area (Å²) in [5, 5.41) is 6.39. The van der Waals surface area contributed by atoms with Gasteiger partial charge in [0.1, 0.15) is 5.75 Å². The van der Waals surface area contributed by atoms with E-state index in [1.54, 1.807) is 0 Å². The molecule has 0 spiro atoms. The molecular formula is C16H22N2O2. The molecule has 0 bridgehead atoms. The number of hydrogen-bond donors (Lipinski definition) is 2. The molecule has 1 aromatic rings. The molecule has 0 radical (unpaired) electrons. The molecule has 1 saturated carbocycles. The SMILES string of the molecule is CC(NCC1CCOc2ccccc21)C(=O)NC1CC1. The number of para-hydroxylation sites is 1. The zero-order valence-electron chi connectivity index (χ0n) is 11.9. The van der Waals surface area contributed by atoms with Crippen LogP contribution < -0.4 is 15.4 Å². The Morgan fingerprint density at radius 2 is 2.15 bits per heavy atom. The van der Waals surface area contributed by atoms with Gasteiger partial charge in [0.05, 0.1) is 12.6 Å². The number of hydrogen-bond acceptors (Lipinski definition) is 3. The lowest BCUT2D eigenvalue weighted by Crippen LogP contribution is -2.44. The lowest BCUT2D eigenvalue weighted by atomic mass is 9.93. The van der Waals surface area contributed by atoms with E-state index in [0.717, 1.165) is 38.2 Å². The van der Waals surface area contributed by atoms with Gasteiger partial charge in [-0.1, -0.05) is 18.2 Å². The molecule has 0 aromatic heterocycles. The standard InChI is InChI=1S/C16H22N2O2/c1-11(16(19)18-13-6-7-13)17-10-12-8-9-20-15-5-3-2-4-14(12)15/h2-5,11-13,17H,6-10H2,1H3,(H,18,19). The fourth-order valence-corrected chi connectivity index (χ4v) is 2.59. The molecule has 2 aliphatic rings. The summed E-state index contributed by atoms with van der Waals surface area (Å²) in [7, 11) is 0. The van der Waals surface area contributed by atoms with Gasteiger partial charge in [-0.2, -0.15) is 0 Å². The Morgan fingerprint density at radius 3 is 2.95 bits per heavy atom. The highest BCUT2D eigenvalue weighted by Gasteiger charge is 2.26. The second kappa shape index (κ2) is 5.83. The first-order valence-electron chi connectivity index (χ1n) is 7.49. The predicted octanol–water partition coefficient (Wildman–Crippen LogP) is 1.81. The van der Waals surface area contributed by atoms with Crippen LogP contribution in [0.4, 0.5) is 0 Å². The molecule has 3 rings (SSSR count). The van der Waals surface area contributed by atoms with Gasteiger partial charge < -0.3 is 15.4 Å². The van der Waals surface area contributed by atoms with Crippen molar-refractivity contribution in [2.24, 2.45) is 0 Å². The number of fused-ring (bicyclic) bond motifs is 1. The first-order valence-corrected chi connectivity index (χ1v) is 7.49. The quantitative estimate of drug-likeness (QED) is 0.861. The fraction of sp³-hybridized carbons (Fsp3) is 0.562. The van der Waals surface area contributed by atoms with Gasteiger partial charge in [-0.15, -0.1) is 0 Å². The topological polar surface area (TPSA) is 50.4 Å². The maximum absolute atomic E-state index is 11.9. The van der Waals surface area contributed by atoms with E-state index in [4.69, 9.17) is 4.74 Å². The van der Waals surface area contributed by atoms with E-state index in [9.17, 15) is 4.79 Å². The number of benzene rings is 1. The predicted molar refractivity (Wildman–Crippen MR) is 77.9 cm³/mol. The van der Waals surface area contributed by atoms with Gasteiger partial charge in [-0.25, -0.2) is 0 Å².